The molecule has 6 aromatic rings. The van der Waals surface area contributed by atoms with Crippen molar-refractivity contribution in [3.63, 3.8) is 0 Å². The molecule has 0 bridgehead atoms. The van der Waals surface area contributed by atoms with E-state index in [0.717, 1.165) is 16.8 Å². The average molecular weight is 767 g/mol. The second-order valence-corrected chi connectivity index (χ2v) is 11.6. The Hall–Kier alpha value is -6.82. The van der Waals surface area contributed by atoms with Crippen LogP contribution < -0.4 is 0 Å². The van der Waals surface area contributed by atoms with Crippen LogP contribution in [0.15, 0.2) is 107 Å². The van der Waals surface area contributed by atoms with Crippen molar-refractivity contribution in [2.75, 3.05) is 7.11 Å². The van der Waals surface area contributed by atoms with Gasteiger partial charge in [-0.2, -0.15) is 14.9 Å². The van der Waals surface area contributed by atoms with E-state index in [-0.39, 0.29) is 57.2 Å². The molecule has 0 saturated carbocycles. The first-order valence-electron chi connectivity index (χ1n) is 15.9. The summed E-state index contributed by atoms with van der Waals surface area (Å²) >= 11 is 0. The molecule has 4 aromatic carbocycles. The number of ether oxygens (including phenoxy) is 1. The van der Waals surface area contributed by atoms with Gasteiger partial charge in [0.25, 0.3) is 0 Å². The topological polar surface area (TPSA) is 202 Å². The van der Waals surface area contributed by atoms with Crippen molar-refractivity contribution >= 4 is 41.7 Å². The zero-order valence-corrected chi connectivity index (χ0v) is 30.7. The number of carboxylic acids is 2. The molecule has 0 aliphatic heterocycles. The van der Waals surface area contributed by atoms with Crippen LogP contribution in [0.4, 0.5) is 11.4 Å². The van der Waals surface area contributed by atoms with Crippen LogP contribution in [0, 0.1) is 20.8 Å². The van der Waals surface area contributed by atoms with Gasteiger partial charge in [-0.1, -0.05) is 59.7 Å². The quantitative estimate of drug-likeness (QED) is 0.0900. The molecule has 0 amide bonds. The van der Waals surface area contributed by atoms with Gasteiger partial charge in [0.05, 0.1) is 57.8 Å². The first-order valence-corrected chi connectivity index (χ1v) is 15.9. The molecule has 0 aliphatic carbocycles. The normalized spacial score (nSPS) is 10.8. The molecular weight excluding hydrogens is 732 g/mol. The van der Waals surface area contributed by atoms with Gasteiger partial charge in [0, 0.05) is 29.8 Å². The minimum atomic E-state index is -1.14. The third kappa shape index (κ3) is 8.97. The van der Waals surface area contributed by atoms with Crippen LogP contribution in [0.25, 0.3) is 11.4 Å². The van der Waals surface area contributed by atoms with Crippen molar-refractivity contribution in [2.24, 2.45) is 9.98 Å². The molecule has 0 atom stereocenters. The Morgan fingerprint density at radius 2 is 1.04 bits per heavy atom. The summed E-state index contributed by atoms with van der Waals surface area (Å²) in [5, 5.41) is 48.0. The predicted octanol–water partition coefficient (Wildman–Crippen LogP) is 6.76. The number of rotatable bonds is 9. The van der Waals surface area contributed by atoms with E-state index in [2.05, 4.69) is 20.2 Å². The smallest absolute Gasteiger partial charge is 0.359 e. The van der Waals surface area contributed by atoms with Crippen molar-refractivity contribution in [3.8, 4) is 23.1 Å². The monoisotopic (exact) mass is 766 g/mol. The number of aromatic hydroxyl groups is 2. The van der Waals surface area contributed by atoms with Crippen LogP contribution in [-0.2, 0) is 22.1 Å². The number of aliphatic imine (C=N–C) groups is 2. The van der Waals surface area contributed by atoms with Crippen LogP contribution in [0.1, 0.15) is 59.2 Å². The zero-order chi connectivity index (χ0) is 38.2. The van der Waals surface area contributed by atoms with Crippen LogP contribution >= 0.6 is 0 Å². The molecule has 6 rings (SSSR count). The van der Waals surface area contributed by atoms with E-state index < -0.39 is 17.9 Å². The maximum Gasteiger partial charge on any atom is 0.359 e. The second kappa shape index (κ2) is 17.6. The molecule has 2 heterocycles. The summed E-state index contributed by atoms with van der Waals surface area (Å²) in [6, 6.07) is 27.3. The number of carbonyl (C=O) groups excluding carboxylic acids is 1. The number of benzene rings is 4. The van der Waals surface area contributed by atoms with Crippen molar-refractivity contribution in [2.45, 2.75) is 20.8 Å². The van der Waals surface area contributed by atoms with E-state index in [1.165, 1.54) is 47.1 Å². The van der Waals surface area contributed by atoms with Gasteiger partial charge in [-0.3, -0.25) is 9.98 Å². The second-order valence-electron chi connectivity index (χ2n) is 11.6. The molecule has 15 heteroatoms. The Balaban J connectivity index is 0.000000238. The maximum absolute atomic E-state index is 12.1. The molecule has 4 N–H and O–H groups in total. The Kier molecular flexibility index (Phi) is 13.0. The third-order valence-electron chi connectivity index (χ3n) is 7.85. The van der Waals surface area contributed by atoms with E-state index in [4.69, 9.17) is 4.74 Å². The summed E-state index contributed by atoms with van der Waals surface area (Å²) in [4.78, 5) is 43.0. The van der Waals surface area contributed by atoms with Gasteiger partial charge in [-0.25, -0.2) is 19.1 Å². The number of aromatic carboxylic acids is 2. The SMILES string of the molecule is COC(=O)c1nn(-c2ccc(C)cc2)c(O)c1C=Nc1ccccc1C(=O)O.Cc1ccc(-n2nc(C)c(C=Nc3ccccc3C(=O)O)c2O)cc1.[Cr]. The van der Waals surface area contributed by atoms with Gasteiger partial charge in [0.15, 0.2) is 5.69 Å². The third-order valence-corrected chi connectivity index (χ3v) is 7.85. The summed E-state index contributed by atoms with van der Waals surface area (Å²) in [6.07, 6.45) is 2.63. The van der Waals surface area contributed by atoms with Crippen LogP contribution in [0.2, 0.25) is 0 Å². The van der Waals surface area contributed by atoms with E-state index >= 15 is 0 Å². The minimum Gasteiger partial charge on any atom is -0.493 e. The first kappa shape index (κ1) is 40.0. The molecular formula is C39H34CrN6O8. The van der Waals surface area contributed by atoms with Crippen molar-refractivity contribution in [3.05, 3.63) is 142 Å². The largest absolute Gasteiger partial charge is 0.493 e. The fraction of sp³-hybridized carbons (Fsp3) is 0.103. The maximum atomic E-state index is 12.1. The fourth-order valence-electron chi connectivity index (χ4n) is 5.00. The number of hydrogen-bond acceptors (Lipinski definition) is 10. The molecule has 54 heavy (non-hydrogen) atoms. The molecule has 2 aromatic heterocycles. The summed E-state index contributed by atoms with van der Waals surface area (Å²) in [5.74, 6) is -3.31. The average Bonchev–Trinajstić information content (AvgIpc) is 3.64. The number of para-hydroxylation sites is 2. The Bertz CT molecular complexity index is 2360. The van der Waals surface area contributed by atoms with Crippen LogP contribution in [0.3, 0.4) is 0 Å². The molecule has 274 valence electrons. The molecule has 0 radical (unpaired) electrons. The first-order chi connectivity index (χ1) is 25.4. The van der Waals surface area contributed by atoms with Gasteiger partial charge in [0.2, 0.25) is 11.8 Å². The van der Waals surface area contributed by atoms with E-state index in [1.807, 2.05) is 50.2 Å². The summed E-state index contributed by atoms with van der Waals surface area (Å²) in [7, 11) is 1.20. The number of aryl methyl sites for hydroxylation is 3. The van der Waals surface area contributed by atoms with Crippen molar-refractivity contribution in [1.82, 2.24) is 19.6 Å². The number of methoxy groups -OCH3 is 1. The minimum absolute atomic E-state index is 0. The van der Waals surface area contributed by atoms with E-state index in [1.54, 1.807) is 49.4 Å². The molecule has 0 saturated heterocycles. The standard InChI is InChI=1S/C20H17N3O5.C19H17N3O3.Cr/c1-12-7-9-13(10-8-12)23-18(24)15(17(22-23)20(27)28-2)11-21-16-6-4-3-5-14(16)19(25)26;1-12-7-9-14(10-8-12)22-18(23)16(13(2)21-22)11-20-17-6-4-3-5-15(17)19(24)25;/h3-11,24H,1-2H3,(H,25,26);3-11,23H,1-2H3,(H,24,25);. The number of carboxylic acid groups (broad SMARTS) is 2. The van der Waals surface area contributed by atoms with Crippen molar-refractivity contribution in [1.29, 1.82) is 0 Å². The Morgan fingerprint density at radius 1 is 0.630 bits per heavy atom. The predicted molar refractivity (Wildman–Crippen MR) is 197 cm³/mol. The molecule has 0 aliphatic rings. The van der Waals surface area contributed by atoms with Crippen molar-refractivity contribution < 1.29 is 56.9 Å². The number of nitrogens with zero attached hydrogens (tertiary/aromatic N) is 6. The number of esters is 1. The molecule has 0 fully saturated rings. The number of aromatic nitrogens is 4. The van der Waals surface area contributed by atoms with Gasteiger partial charge < -0.3 is 25.2 Å². The zero-order valence-electron chi connectivity index (χ0n) is 29.4. The van der Waals surface area contributed by atoms with Crippen LogP contribution in [-0.4, -0.2) is 77.4 Å². The van der Waals surface area contributed by atoms with Gasteiger partial charge in [-0.05, 0) is 69.3 Å². The molecule has 14 nitrogen and oxygen atoms in total. The Labute approximate surface area is 320 Å². The number of hydrogen-bond donors (Lipinski definition) is 4. The Morgan fingerprint density at radius 3 is 1.48 bits per heavy atom. The summed E-state index contributed by atoms with van der Waals surface area (Å²) in [5.41, 5.74) is 4.90. The number of carbonyl (C=O) groups is 3. The fourth-order valence-corrected chi connectivity index (χ4v) is 5.00. The molecule has 0 spiro atoms. The van der Waals surface area contributed by atoms with Crippen LogP contribution in [0.5, 0.6) is 11.8 Å². The van der Waals surface area contributed by atoms with E-state index in [0.29, 0.717) is 22.6 Å². The van der Waals surface area contributed by atoms with E-state index in [9.17, 15) is 34.8 Å². The van der Waals surface area contributed by atoms with Gasteiger partial charge >= 0.3 is 17.9 Å². The molecule has 0 unspecified atom stereocenters. The summed E-state index contributed by atoms with van der Waals surface area (Å²) < 4.78 is 7.35. The summed E-state index contributed by atoms with van der Waals surface area (Å²) in [6.45, 7) is 5.66. The van der Waals surface area contributed by atoms with Gasteiger partial charge in [-0.15, -0.1) is 0 Å². The van der Waals surface area contributed by atoms with Gasteiger partial charge in [0.1, 0.15) is 0 Å².